The largest absolute Gasteiger partial charge is 0.493 e. The van der Waals surface area contributed by atoms with Gasteiger partial charge < -0.3 is 23.8 Å². The first-order valence-corrected chi connectivity index (χ1v) is 16.7. The van der Waals surface area contributed by atoms with Crippen molar-refractivity contribution in [3.8, 4) is 17.2 Å². The Morgan fingerprint density at radius 3 is 2.14 bits per heavy atom. The second-order valence-corrected chi connectivity index (χ2v) is 13.7. The van der Waals surface area contributed by atoms with Crippen molar-refractivity contribution in [3.05, 3.63) is 118 Å². The number of alkyl halides is 3. The molecule has 1 fully saturated rings. The predicted octanol–water partition coefficient (Wildman–Crippen LogP) is 9.23. The highest BCUT2D eigenvalue weighted by molar-refractivity contribution is 6.08. The van der Waals surface area contributed by atoms with Crippen LogP contribution in [0.25, 0.3) is 22.4 Å². The van der Waals surface area contributed by atoms with E-state index in [-0.39, 0.29) is 6.42 Å². The van der Waals surface area contributed by atoms with E-state index in [2.05, 4.69) is 53.5 Å². The molecule has 4 aromatic rings. The Morgan fingerprint density at radius 2 is 1.49 bits per heavy atom. The first-order chi connectivity index (χ1) is 23.6. The maximum atomic E-state index is 14.1. The highest BCUT2D eigenvalue weighted by Gasteiger charge is 2.49. The lowest BCUT2D eigenvalue weighted by atomic mass is 9.73. The van der Waals surface area contributed by atoms with Gasteiger partial charge in [0.1, 0.15) is 5.75 Å². The van der Waals surface area contributed by atoms with Crippen LogP contribution in [0.1, 0.15) is 48.1 Å². The lowest BCUT2D eigenvalue weighted by Crippen LogP contribution is -2.37. The molecule has 0 N–H and O–H groups in total. The molecule has 2 unspecified atom stereocenters. The van der Waals surface area contributed by atoms with Gasteiger partial charge in [0.2, 0.25) is 0 Å². The third-order valence-corrected chi connectivity index (χ3v) is 10.7. The molecule has 4 aromatic carbocycles. The van der Waals surface area contributed by atoms with Crippen LogP contribution in [0.3, 0.4) is 0 Å². The Balaban J connectivity index is 1.36. The number of ether oxygens (including phenoxy) is 4. The maximum absolute atomic E-state index is 14.1. The molecule has 1 saturated heterocycles. The molecule has 8 heteroatoms. The van der Waals surface area contributed by atoms with E-state index in [9.17, 15) is 13.2 Å². The highest BCUT2D eigenvalue weighted by atomic mass is 19.4. The van der Waals surface area contributed by atoms with Crippen molar-refractivity contribution < 1.29 is 32.1 Å². The summed E-state index contributed by atoms with van der Waals surface area (Å²) in [4.78, 5) is 2.32. The van der Waals surface area contributed by atoms with Crippen LogP contribution in [0.15, 0.2) is 90.5 Å². The topological polar surface area (TPSA) is 40.2 Å². The van der Waals surface area contributed by atoms with Crippen LogP contribution in [0.4, 0.5) is 18.9 Å². The molecule has 2 aliphatic heterocycles. The van der Waals surface area contributed by atoms with Gasteiger partial charge in [-0.1, -0.05) is 80.1 Å². The molecule has 49 heavy (non-hydrogen) atoms. The molecule has 0 amide bonds. The normalized spacial score (nSPS) is 22.4. The van der Waals surface area contributed by atoms with Crippen molar-refractivity contribution in [2.24, 2.45) is 5.92 Å². The van der Waals surface area contributed by atoms with Gasteiger partial charge in [-0.05, 0) is 58.8 Å². The summed E-state index contributed by atoms with van der Waals surface area (Å²) in [6, 6.07) is 22.5. The van der Waals surface area contributed by atoms with Gasteiger partial charge in [-0.2, -0.15) is 13.2 Å². The second kappa shape index (κ2) is 11.4. The summed E-state index contributed by atoms with van der Waals surface area (Å²) in [7, 11) is 3.19. The van der Waals surface area contributed by atoms with Gasteiger partial charge in [-0.25, -0.2) is 0 Å². The number of halogens is 3. The quantitative estimate of drug-likeness (QED) is 0.213. The number of hydrogen-bond donors (Lipinski definition) is 0. The molecule has 252 valence electrons. The van der Waals surface area contributed by atoms with Crippen LogP contribution >= 0.6 is 0 Å². The Labute approximate surface area is 284 Å². The average molecular weight is 666 g/mol. The minimum absolute atomic E-state index is 0.0887. The van der Waals surface area contributed by atoms with Crippen LogP contribution in [0, 0.1) is 5.92 Å². The lowest BCUT2D eigenvalue weighted by Gasteiger charge is -2.39. The lowest BCUT2D eigenvalue weighted by molar-refractivity contribution is -0.161. The Hall–Kier alpha value is -4.69. The number of hydrogen-bond acceptors (Lipinski definition) is 5. The summed E-state index contributed by atoms with van der Waals surface area (Å²) in [5.74, 6) is 0.201. The zero-order chi connectivity index (χ0) is 34.1. The van der Waals surface area contributed by atoms with Crippen LogP contribution in [0.5, 0.6) is 17.2 Å². The van der Waals surface area contributed by atoms with E-state index in [1.165, 1.54) is 6.08 Å². The average Bonchev–Trinajstić information content (AvgIpc) is 3.37. The SMILES string of the molecule is COc1cc2c3c(c4c(c2cc1OC)C1=C(CC(C(F)(F)F)C=C1)C4(C)C)C=CC(c1ccccc1)(c1ccc(N2CCOCC2)cc1)O3. The number of methoxy groups -OCH3 is 2. The standard InChI is InChI=1S/C41H38F3NO4/c1-39(2)33-22-27(41(42,43)44)12-15-29(33)36-31-23-34(46-3)35(47-4)24-32(31)38-30(37(36)39)16-17-40(49-38,25-8-6-5-7-9-25)26-10-13-28(14-11-26)45-18-20-48-21-19-45/h5-17,23-24,27H,18-22H2,1-4H3. The zero-order valence-corrected chi connectivity index (χ0v) is 28.0. The van der Waals surface area contributed by atoms with Crippen molar-refractivity contribution in [2.45, 2.75) is 37.5 Å². The van der Waals surface area contributed by atoms with Crippen molar-refractivity contribution in [2.75, 3.05) is 45.4 Å². The van der Waals surface area contributed by atoms with Crippen molar-refractivity contribution >= 4 is 28.1 Å². The van der Waals surface area contributed by atoms with Gasteiger partial charge in [0.25, 0.3) is 0 Å². The number of morpholine rings is 1. The molecule has 0 spiro atoms. The molecular weight excluding hydrogens is 627 g/mol. The van der Waals surface area contributed by atoms with Crippen molar-refractivity contribution in [1.29, 1.82) is 0 Å². The molecule has 0 aromatic heterocycles. The number of rotatable bonds is 5. The van der Waals surface area contributed by atoms with Crippen molar-refractivity contribution in [1.82, 2.24) is 0 Å². The molecule has 2 aliphatic carbocycles. The minimum Gasteiger partial charge on any atom is -0.493 e. The van der Waals surface area contributed by atoms with Crippen LogP contribution in [-0.2, 0) is 15.8 Å². The first-order valence-electron chi connectivity index (χ1n) is 16.7. The third-order valence-electron chi connectivity index (χ3n) is 10.7. The van der Waals surface area contributed by atoms with E-state index in [0.29, 0.717) is 30.5 Å². The second-order valence-electron chi connectivity index (χ2n) is 13.7. The van der Waals surface area contributed by atoms with Crippen LogP contribution in [-0.4, -0.2) is 46.7 Å². The van der Waals surface area contributed by atoms with E-state index in [0.717, 1.165) is 68.5 Å². The predicted molar refractivity (Wildman–Crippen MR) is 187 cm³/mol. The molecule has 5 nitrogen and oxygen atoms in total. The van der Waals surface area contributed by atoms with E-state index in [1.807, 2.05) is 44.2 Å². The fourth-order valence-electron chi connectivity index (χ4n) is 8.21. The fourth-order valence-corrected chi connectivity index (χ4v) is 8.21. The van der Waals surface area contributed by atoms with Gasteiger partial charge in [0.05, 0.1) is 33.4 Å². The Bertz CT molecular complexity index is 2040. The number of anilines is 1. The van der Waals surface area contributed by atoms with Gasteiger partial charge >= 0.3 is 6.18 Å². The van der Waals surface area contributed by atoms with Gasteiger partial charge in [-0.3, -0.25) is 0 Å². The van der Waals surface area contributed by atoms with Crippen LogP contribution in [0.2, 0.25) is 0 Å². The molecule has 0 bridgehead atoms. The zero-order valence-electron chi connectivity index (χ0n) is 28.0. The fraction of sp³-hybridized carbons (Fsp3) is 0.317. The summed E-state index contributed by atoms with van der Waals surface area (Å²) >= 11 is 0. The number of fused-ring (bicyclic) bond motifs is 7. The van der Waals surface area contributed by atoms with Gasteiger partial charge in [-0.15, -0.1) is 0 Å². The summed E-state index contributed by atoms with van der Waals surface area (Å²) < 4.78 is 66.7. The third kappa shape index (κ3) is 4.86. The molecule has 0 saturated carbocycles. The van der Waals surface area contributed by atoms with Crippen LogP contribution < -0.4 is 19.1 Å². The molecule has 4 aliphatic rings. The van der Waals surface area contributed by atoms with E-state index >= 15 is 0 Å². The molecule has 8 rings (SSSR count). The monoisotopic (exact) mass is 665 g/mol. The summed E-state index contributed by atoms with van der Waals surface area (Å²) in [6.07, 6.45) is 2.78. The summed E-state index contributed by atoms with van der Waals surface area (Å²) in [6.45, 7) is 7.14. The molecule has 2 heterocycles. The van der Waals surface area contributed by atoms with E-state index < -0.39 is 23.1 Å². The Kier molecular flexibility index (Phi) is 7.37. The molecule has 0 radical (unpaired) electrons. The number of allylic oxidation sites excluding steroid dienone is 4. The summed E-state index contributed by atoms with van der Waals surface area (Å²) in [5.41, 5.74) is 5.73. The van der Waals surface area contributed by atoms with Crippen molar-refractivity contribution in [3.63, 3.8) is 0 Å². The number of nitrogens with zero attached hydrogens (tertiary/aromatic N) is 1. The van der Waals surface area contributed by atoms with Gasteiger partial charge in [0, 0.05) is 46.3 Å². The summed E-state index contributed by atoms with van der Waals surface area (Å²) in [5, 5.41) is 1.65. The Morgan fingerprint density at radius 1 is 0.837 bits per heavy atom. The minimum atomic E-state index is -4.33. The highest BCUT2D eigenvalue weighted by Crippen LogP contribution is 2.60. The van der Waals surface area contributed by atoms with E-state index in [4.69, 9.17) is 18.9 Å². The maximum Gasteiger partial charge on any atom is 0.395 e. The molecule has 2 atom stereocenters. The first kappa shape index (κ1) is 31.6. The smallest absolute Gasteiger partial charge is 0.395 e. The number of benzene rings is 4. The van der Waals surface area contributed by atoms with E-state index in [1.54, 1.807) is 20.3 Å². The molecular formula is C41H38F3NO4. The van der Waals surface area contributed by atoms with Gasteiger partial charge in [0.15, 0.2) is 17.1 Å².